The van der Waals surface area contributed by atoms with E-state index in [1.54, 1.807) is 24.1 Å². The quantitative estimate of drug-likeness (QED) is 0.926. The summed E-state index contributed by atoms with van der Waals surface area (Å²) in [6.45, 7) is 4.32. The lowest BCUT2D eigenvalue weighted by atomic mass is 10.0. The second-order valence-corrected chi connectivity index (χ2v) is 5.53. The van der Waals surface area contributed by atoms with E-state index in [2.05, 4.69) is 0 Å². The van der Waals surface area contributed by atoms with E-state index in [9.17, 15) is 4.79 Å². The monoisotopic (exact) mass is 288 g/mol. The number of hydrogen-bond acceptors (Lipinski definition) is 2. The molecule has 18 heavy (non-hydrogen) atoms. The Bertz CT molecular complexity index is 435. The van der Waals surface area contributed by atoms with Crippen molar-refractivity contribution in [1.82, 2.24) is 4.90 Å². The highest BCUT2D eigenvalue weighted by molar-refractivity contribution is 6.42. The molecule has 0 fully saturated rings. The van der Waals surface area contributed by atoms with Crippen molar-refractivity contribution in [1.29, 1.82) is 0 Å². The molecule has 0 radical (unpaired) electrons. The molecule has 0 aliphatic carbocycles. The van der Waals surface area contributed by atoms with Crippen molar-refractivity contribution in [2.75, 3.05) is 7.05 Å². The summed E-state index contributed by atoms with van der Waals surface area (Å²) in [6.07, 6.45) is 0. The Morgan fingerprint density at radius 2 is 1.94 bits per heavy atom. The maximum Gasteiger partial charge on any atom is 0.239 e. The number of amides is 1. The minimum Gasteiger partial charge on any atom is -0.340 e. The molecular formula is C13H18Cl2N2O. The zero-order valence-electron chi connectivity index (χ0n) is 10.8. The zero-order valence-corrected chi connectivity index (χ0v) is 12.3. The van der Waals surface area contributed by atoms with Gasteiger partial charge in [-0.25, -0.2) is 0 Å². The Labute approximate surface area is 118 Å². The Kier molecular flexibility index (Phi) is 5.45. The fraction of sp³-hybridized carbons (Fsp3) is 0.462. The van der Waals surface area contributed by atoms with E-state index in [1.807, 2.05) is 19.9 Å². The summed E-state index contributed by atoms with van der Waals surface area (Å²) in [4.78, 5) is 13.6. The van der Waals surface area contributed by atoms with Gasteiger partial charge in [-0.2, -0.15) is 0 Å². The van der Waals surface area contributed by atoms with Crippen LogP contribution in [0.1, 0.15) is 19.4 Å². The van der Waals surface area contributed by atoms with Gasteiger partial charge in [0.15, 0.2) is 0 Å². The van der Waals surface area contributed by atoms with Crippen LogP contribution in [-0.2, 0) is 11.3 Å². The first-order valence-corrected chi connectivity index (χ1v) is 6.53. The average molecular weight is 289 g/mol. The maximum atomic E-state index is 12.0. The summed E-state index contributed by atoms with van der Waals surface area (Å²) in [5.74, 6) is 0.0461. The second-order valence-electron chi connectivity index (χ2n) is 4.71. The first kappa shape index (κ1) is 15.3. The molecule has 0 heterocycles. The van der Waals surface area contributed by atoms with Crippen molar-refractivity contribution < 1.29 is 4.79 Å². The third kappa shape index (κ3) is 3.87. The molecule has 0 saturated carbocycles. The SMILES string of the molecule is CC(C)C(N)C(=O)N(C)Cc1ccc(Cl)c(Cl)c1. The lowest BCUT2D eigenvalue weighted by Crippen LogP contribution is -2.44. The molecule has 2 N–H and O–H groups in total. The largest absolute Gasteiger partial charge is 0.340 e. The highest BCUT2D eigenvalue weighted by atomic mass is 35.5. The van der Waals surface area contributed by atoms with Crippen molar-refractivity contribution in [3.05, 3.63) is 33.8 Å². The van der Waals surface area contributed by atoms with Gasteiger partial charge < -0.3 is 10.6 Å². The normalized spacial score (nSPS) is 12.6. The van der Waals surface area contributed by atoms with Crippen molar-refractivity contribution in [2.24, 2.45) is 11.7 Å². The Morgan fingerprint density at radius 3 is 2.44 bits per heavy atom. The number of nitrogens with two attached hydrogens (primary N) is 1. The van der Waals surface area contributed by atoms with Crippen LogP contribution >= 0.6 is 23.2 Å². The molecule has 5 heteroatoms. The van der Waals surface area contributed by atoms with Crippen LogP contribution in [0.4, 0.5) is 0 Å². The van der Waals surface area contributed by atoms with Crippen molar-refractivity contribution in [3.63, 3.8) is 0 Å². The number of carbonyl (C=O) groups is 1. The average Bonchev–Trinajstić information content (AvgIpc) is 2.31. The van der Waals surface area contributed by atoms with Crippen LogP contribution in [0.2, 0.25) is 10.0 Å². The molecule has 1 aromatic rings. The van der Waals surface area contributed by atoms with Gasteiger partial charge in [0.25, 0.3) is 0 Å². The lowest BCUT2D eigenvalue weighted by molar-refractivity contribution is -0.132. The number of carbonyl (C=O) groups excluding carboxylic acids is 1. The fourth-order valence-electron chi connectivity index (χ4n) is 1.53. The van der Waals surface area contributed by atoms with Gasteiger partial charge in [-0.1, -0.05) is 43.1 Å². The number of nitrogens with zero attached hydrogens (tertiary/aromatic N) is 1. The van der Waals surface area contributed by atoms with Gasteiger partial charge in [0.05, 0.1) is 16.1 Å². The van der Waals surface area contributed by atoms with Crippen LogP contribution in [-0.4, -0.2) is 23.9 Å². The number of likely N-dealkylation sites (N-methyl/N-ethyl adjacent to an activating group) is 1. The Hall–Kier alpha value is -0.770. The molecule has 0 spiro atoms. The van der Waals surface area contributed by atoms with E-state index in [4.69, 9.17) is 28.9 Å². The molecule has 1 atom stereocenters. The highest BCUT2D eigenvalue weighted by Crippen LogP contribution is 2.23. The van der Waals surface area contributed by atoms with Gasteiger partial charge in [-0.3, -0.25) is 4.79 Å². The van der Waals surface area contributed by atoms with Crippen LogP contribution in [0.25, 0.3) is 0 Å². The molecule has 0 aliphatic rings. The summed E-state index contributed by atoms with van der Waals surface area (Å²) >= 11 is 11.8. The molecule has 100 valence electrons. The maximum absolute atomic E-state index is 12.0. The molecule has 0 aromatic heterocycles. The first-order valence-electron chi connectivity index (χ1n) is 5.77. The fourth-order valence-corrected chi connectivity index (χ4v) is 1.85. The molecule has 1 unspecified atom stereocenters. The summed E-state index contributed by atoms with van der Waals surface area (Å²) in [5, 5.41) is 0.997. The number of halogens is 2. The van der Waals surface area contributed by atoms with Gasteiger partial charge in [0, 0.05) is 13.6 Å². The molecule has 0 aliphatic heterocycles. The van der Waals surface area contributed by atoms with Gasteiger partial charge in [-0.15, -0.1) is 0 Å². The third-order valence-corrected chi connectivity index (χ3v) is 3.52. The van der Waals surface area contributed by atoms with Crippen molar-refractivity contribution in [2.45, 2.75) is 26.4 Å². The summed E-state index contributed by atoms with van der Waals surface area (Å²) in [6, 6.07) is 4.85. The smallest absolute Gasteiger partial charge is 0.239 e. The van der Waals surface area contributed by atoms with Crippen LogP contribution in [0.3, 0.4) is 0 Å². The number of rotatable bonds is 4. The van der Waals surface area contributed by atoms with Crippen LogP contribution < -0.4 is 5.73 Å². The predicted molar refractivity (Wildman–Crippen MR) is 75.7 cm³/mol. The van der Waals surface area contributed by atoms with Crippen LogP contribution in [0, 0.1) is 5.92 Å². The molecule has 0 bridgehead atoms. The third-order valence-electron chi connectivity index (χ3n) is 2.78. The molecular weight excluding hydrogens is 271 g/mol. The van der Waals surface area contributed by atoms with E-state index in [0.717, 1.165) is 5.56 Å². The molecule has 3 nitrogen and oxygen atoms in total. The van der Waals surface area contributed by atoms with Crippen molar-refractivity contribution in [3.8, 4) is 0 Å². The van der Waals surface area contributed by atoms with Crippen molar-refractivity contribution >= 4 is 29.1 Å². The van der Waals surface area contributed by atoms with E-state index in [-0.39, 0.29) is 11.8 Å². The van der Waals surface area contributed by atoms with Crippen LogP contribution in [0.5, 0.6) is 0 Å². The minimum atomic E-state index is -0.474. The van der Waals surface area contributed by atoms with Gasteiger partial charge >= 0.3 is 0 Å². The lowest BCUT2D eigenvalue weighted by Gasteiger charge is -2.23. The zero-order chi connectivity index (χ0) is 13.9. The highest BCUT2D eigenvalue weighted by Gasteiger charge is 2.21. The van der Waals surface area contributed by atoms with Gasteiger partial charge in [0.2, 0.25) is 5.91 Å². The minimum absolute atomic E-state index is 0.0731. The summed E-state index contributed by atoms with van der Waals surface area (Å²) in [7, 11) is 1.73. The molecule has 1 rings (SSSR count). The second kappa shape index (κ2) is 6.41. The first-order chi connectivity index (χ1) is 8.32. The van der Waals surface area contributed by atoms with Gasteiger partial charge in [0.1, 0.15) is 0 Å². The van der Waals surface area contributed by atoms with E-state index < -0.39 is 6.04 Å². The Balaban J connectivity index is 2.72. The number of hydrogen-bond donors (Lipinski definition) is 1. The van der Waals surface area contributed by atoms with E-state index >= 15 is 0 Å². The van der Waals surface area contributed by atoms with E-state index in [1.165, 1.54) is 0 Å². The number of benzene rings is 1. The topological polar surface area (TPSA) is 46.3 Å². The van der Waals surface area contributed by atoms with Gasteiger partial charge in [-0.05, 0) is 23.6 Å². The molecule has 1 amide bonds. The summed E-state index contributed by atoms with van der Waals surface area (Å²) in [5.41, 5.74) is 6.76. The summed E-state index contributed by atoms with van der Waals surface area (Å²) < 4.78 is 0. The Morgan fingerprint density at radius 1 is 1.33 bits per heavy atom. The standard InChI is InChI=1S/C13H18Cl2N2O/c1-8(2)12(16)13(18)17(3)7-9-4-5-10(14)11(15)6-9/h4-6,8,12H,7,16H2,1-3H3. The molecule has 1 aromatic carbocycles. The van der Waals surface area contributed by atoms with Crippen LogP contribution in [0.15, 0.2) is 18.2 Å². The molecule has 0 saturated heterocycles. The van der Waals surface area contributed by atoms with E-state index in [0.29, 0.717) is 16.6 Å². The predicted octanol–water partition coefficient (Wildman–Crippen LogP) is 2.94.